The molecular weight excluding hydrogens is 377 g/mol. The number of amides is 3. The highest BCUT2D eigenvalue weighted by atomic mass is 19.1. The molecule has 2 fully saturated rings. The Bertz CT molecular complexity index is 798. The van der Waals surface area contributed by atoms with Crippen molar-refractivity contribution in [2.75, 3.05) is 18.4 Å². The molecule has 0 aromatic heterocycles. The van der Waals surface area contributed by atoms with Gasteiger partial charge in [0.2, 0.25) is 11.8 Å². The third kappa shape index (κ3) is 5.46. The summed E-state index contributed by atoms with van der Waals surface area (Å²) in [4.78, 5) is 36.9. The summed E-state index contributed by atoms with van der Waals surface area (Å²) in [5, 5.41) is 5.14. The van der Waals surface area contributed by atoms with Crippen LogP contribution in [0.4, 0.5) is 14.9 Å². The summed E-state index contributed by atoms with van der Waals surface area (Å²) < 4.78 is 20.0. The molecule has 1 atom stereocenters. The zero-order valence-corrected chi connectivity index (χ0v) is 17.1. The van der Waals surface area contributed by atoms with Crippen molar-refractivity contribution in [3.8, 4) is 0 Å². The van der Waals surface area contributed by atoms with Gasteiger partial charge in [-0.3, -0.25) is 14.9 Å². The molecule has 2 saturated heterocycles. The molecule has 158 valence electrons. The minimum Gasteiger partial charge on any atom is -0.444 e. The molecule has 0 saturated carbocycles. The average Bonchev–Trinajstić information content (AvgIpc) is 2.64. The predicted octanol–water partition coefficient (Wildman–Crippen LogP) is 3.16. The quantitative estimate of drug-likeness (QED) is 0.755. The summed E-state index contributed by atoms with van der Waals surface area (Å²) in [6.07, 6.45) is 1.73. The molecule has 3 rings (SSSR count). The molecule has 2 N–H and O–H groups in total. The van der Waals surface area contributed by atoms with Gasteiger partial charge in [-0.25, -0.2) is 9.18 Å². The molecular formula is C21H28FN3O4. The van der Waals surface area contributed by atoms with Gasteiger partial charge in [-0.05, 0) is 63.6 Å². The number of benzene rings is 1. The van der Waals surface area contributed by atoms with Gasteiger partial charge in [0.15, 0.2) is 0 Å². The van der Waals surface area contributed by atoms with Crippen molar-refractivity contribution in [3.05, 3.63) is 29.6 Å². The summed E-state index contributed by atoms with van der Waals surface area (Å²) in [6, 6.07) is 4.35. The molecule has 2 aliphatic heterocycles. The lowest BCUT2D eigenvalue weighted by molar-refractivity contribution is -0.133. The molecule has 29 heavy (non-hydrogen) atoms. The fourth-order valence-electron chi connectivity index (χ4n) is 3.64. The van der Waals surface area contributed by atoms with Crippen LogP contribution in [-0.2, 0) is 14.3 Å². The van der Waals surface area contributed by atoms with E-state index in [0.717, 1.165) is 18.4 Å². The van der Waals surface area contributed by atoms with E-state index < -0.39 is 23.4 Å². The molecule has 1 aromatic rings. The summed E-state index contributed by atoms with van der Waals surface area (Å²) in [5.41, 5.74) is 0.595. The van der Waals surface area contributed by atoms with E-state index in [1.807, 2.05) is 26.8 Å². The number of nitrogens with zero attached hydrogens (tertiary/aromatic N) is 1. The van der Waals surface area contributed by atoms with Crippen molar-refractivity contribution in [1.82, 2.24) is 10.2 Å². The van der Waals surface area contributed by atoms with Gasteiger partial charge in [0.1, 0.15) is 17.5 Å². The zero-order chi connectivity index (χ0) is 21.2. The first kappa shape index (κ1) is 21.1. The second-order valence-corrected chi connectivity index (χ2v) is 8.63. The summed E-state index contributed by atoms with van der Waals surface area (Å²) in [5.74, 6) is -1.00. The average molecular weight is 405 g/mol. The first-order valence-corrected chi connectivity index (χ1v) is 10.00. The Hall–Kier alpha value is -2.64. The number of rotatable bonds is 3. The van der Waals surface area contributed by atoms with Crippen LogP contribution in [0.25, 0.3) is 0 Å². The van der Waals surface area contributed by atoms with E-state index >= 15 is 0 Å². The van der Waals surface area contributed by atoms with E-state index in [2.05, 4.69) is 10.6 Å². The SMILES string of the molecule is CC(C)(C)OC(=O)N1CCC(c2ccc(NC3CCC(=O)NC3=O)c(F)c2)CC1. The Morgan fingerprint density at radius 2 is 1.90 bits per heavy atom. The Morgan fingerprint density at radius 3 is 2.48 bits per heavy atom. The molecule has 0 spiro atoms. The molecule has 1 unspecified atom stereocenters. The van der Waals surface area contributed by atoms with Crippen LogP contribution in [0.2, 0.25) is 0 Å². The van der Waals surface area contributed by atoms with Crippen LogP contribution in [0.1, 0.15) is 57.9 Å². The molecule has 0 radical (unpaired) electrons. The fraction of sp³-hybridized carbons (Fsp3) is 0.571. The van der Waals surface area contributed by atoms with Crippen molar-refractivity contribution in [2.45, 2.75) is 64.0 Å². The lowest BCUT2D eigenvalue weighted by Crippen LogP contribution is -2.47. The van der Waals surface area contributed by atoms with Gasteiger partial charge in [0, 0.05) is 19.5 Å². The fourth-order valence-corrected chi connectivity index (χ4v) is 3.64. The van der Waals surface area contributed by atoms with Crippen molar-refractivity contribution >= 4 is 23.6 Å². The standard InChI is InChI=1S/C21H28FN3O4/c1-21(2,3)29-20(28)25-10-8-13(9-11-25)14-4-5-16(15(22)12-14)23-17-6-7-18(26)24-19(17)27/h4-5,12-13,17,23H,6-11H2,1-3H3,(H,24,26,27). The van der Waals surface area contributed by atoms with Crippen molar-refractivity contribution in [2.24, 2.45) is 0 Å². The third-order valence-corrected chi connectivity index (χ3v) is 5.18. The van der Waals surface area contributed by atoms with Crippen LogP contribution in [0.5, 0.6) is 0 Å². The van der Waals surface area contributed by atoms with E-state index in [1.54, 1.807) is 11.0 Å². The van der Waals surface area contributed by atoms with E-state index in [9.17, 15) is 18.8 Å². The summed E-state index contributed by atoms with van der Waals surface area (Å²) in [6.45, 7) is 6.65. The molecule has 0 aliphatic carbocycles. The number of carbonyl (C=O) groups is 3. The highest BCUT2D eigenvalue weighted by molar-refractivity contribution is 6.01. The lowest BCUT2D eigenvalue weighted by atomic mass is 9.89. The Kier molecular flexibility index (Phi) is 6.10. The number of imide groups is 1. The predicted molar refractivity (Wildman–Crippen MR) is 106 cm³/mol. The number of likely N-dealkylation sites (tertiary alicyclic amines) is 1. The van der Waals surface area contributed by atoms with E-state index in [4.69, 9.17) is 4.74 Å². The molecule has 2 heterocycles. The zero-order valence-electron chi connectivity index (χ0n) is 17.1. The van der Waals surface area contributed by atoms with Crippen LogP contribution >= 0.6 is 0 Å². The van der Waals surface area contributed by atoms with Gasteiger partial charge in [-0.15, -0.1) is 0 Å². The monoisotopic (exact) mass is 405 g/mol. The number of ether oxygens (including phenoxy) is 1. The van der Waals surface area contributed by atoms with Gasteiger partial charge in [-0.2, -0.15) is 0 Å². The Labute approximate surface area is 170 Å². The largest absolute Gasteiger partial charge is 0.444 e. The number of piperidine rings is 2. The topological polar surface area (TPSA) is 87.7 Å². The number of hydrogen-bond acceptors (Lipinski definition) is 5. The van der Waals surface area contributed by atoms with Crippen molar-refractivity contribution in [3.63, 3.8) is 0 Å². The Morgan fingerprint density at radius 1 is 1.21 bits per heavy atom. The molecule has 3 amide bonds. The maximum absolute atomic E-state index is 14.6. The highest BCUT2D eigenvalue weighted by Crippen LogP contribution is 2.31. The maximum atomic E-state index is 14.6. The minimum atomic E-state index is -0.620. The molecule has 7 nitrogen and oxygen atoms in total. The second kappa shape index (κ2) is 8.39. The highest BCUT2D eigenvalue weighted by Gasteiger charge is 2.29. The van der Waals surface area contributed by atoms with Gasteiger partial charge in [0.05, 0.1) is 5.69 Å². The van der Waals surface area contributed by atoms with E-state index in [-0.39, 0.29) is 30.0 Å². The van der Waals surface area contributed by atoms with Crippen molar-refractivity contribution < 1.29 is 23.5 Å². The van der Waals surface area contributed by atoms with Gasteiger partial charge >= 0.3 is 6.09 Å². The van der Waals surface area contributed by atoms with E-state index in [1.165, 1.54) is 6.07 Å². The Balaban J connectivity index is 1.58. The summed E-state index contributed by atoms with van der Waals surface area (Å²) >= 11 is 0. The van der Waals surface area contributed by atoms with Crippen LogP contribution in [0, 0.1) is 5.82 Å². The molecule has 0 bridgehead atoms. The first-order chi connectivity index (χ1) is 13.6. The smallest absolute Gasteiger partial charge is 0.410 e. The number of hydrogen-bond donors (Lipinski definition) is 2. The third-order valence-electron chi connectivity index (χ3n) is 5.18. The molecule has 2 aliphatic rings. The number of halogens is 1. The van der Waals surface area contributed by atoms with Gasteiger partial charge in [0.25, 0.3) is 0 Å². The number of anilines is 1. The first-order valence-electron chi connectivity index (χ1n) is 10.00. The normalized spacial score (nSPS) is 21.0. The molecule has 8 heteroatoms. The lowest BCUT2D eigenvalue weighted by Gasteiger charge is -2.33. The maximum Gasteiger partial charge on any atom is 0.410 e. The number of carbonyl (C=O) groups excluding carboxylic acids is 3. The van der Waals surface area contributed by atoms with E-state index in [0.29, 0.717) is 19.5 Å². The van der Waals surface area contributed by atoms with Crippen LogP contribution in [0.3, 0.4) is 0 Å². The van der Waals surface area contributed by atoms with Crippen LogP contribution in [0.15, 0.2) is 18.2 Å². The van der Waals surface area contributed by atoms with Crippen LogP contribution < -0.4 is 10.6 Å². The van der Waals surface area contributed by atoms with Crippen LogP contribution in [-0.4, -0.2) is 47.5 Å². The molecule has 1 aromatic carbocycles. The minimum absolute atomic E-state index is 0.160. The summed E-state index contributed by atoms with van der Waals surface area (Å²) in [7, 11) is 0. The number of nitrogens with one attached hydrogen (secondary N) is 2. The van der Waals surface area contributed by atoms with Crippen molar-refractivity contribution in [1.29, 1.82) is 0 Å². The second-order valence-electron chi connectivity index (χ2n) is 8.63. The van der Waals surface area contributed by atoms with Gasteiger partial charge in [-0.1, -0.05) is 6.07 Å². The van der Waals surface area contributed by atoms with Gasteiger partial charge < -0.3 is 15.0 Å².